The fourth-order valence-corrected chi connectivity index (χ4v) is 2.96. The zero-order chi connectivity index (χ0) is 13.0. The molecule has 1 nitrogen and oxygen atoms in total. The van der Waals surface area contributed by atoms with Gasteiger partial charge in [-0.3, -0.25) is 0 Å². The Balaban J connectivity index is 2.14. The summed E-state index contributed by atoms with van der Waals surface area (Å²) in [4.78, 5) is 1.01. The van der Waals surface area contributed by atoms with Crippen LogP contribution < -0.4 is 4.74 Å². The molecule has 0 unspecified atom stereocenters. The topological polar surface area (TPSA) is 9.23 Å². The van der Waals surface area contributed by atoms with E-state index in [4.69, 9.17) is 4.74 Å². The summed E-state index contributed by atoms with van der Waals surface area (Å²) in [6, 6.07) is 12.7. The smallest absolute Gasteiger partial charge is 0.132 e. The molecule has 0 heterocycles. The van der Waals surface area contributed by atoms with Crippen molar-refractivity contribution in [2.75, 3.05) is 7.11 Å². The molecule has 0 bridgehead atoms. The van der Waals surface area contributed by atoms with Crippen molar-refractivity contribution < 1.29 is 9.13 Å². The predicted molar refractivity (Wildman–Crippen MR) is 76.7 cm³/mol. The van der Waals surface area contributed by atoms with Gasteiger partial charge in [0, 0.05) is 15.1 Å². The van der Waals surface area contributed by atoms with Crippen molar-refractivity contribution in [2.45, 2.75) is 10.6 Å². The minimum Gasteiger partial charge on any atom is -0.496 e. The van der Waals surface area contributed by atoms with Gasteiger partial charge >= 0.3 is 0 Å². The van der Waals surface area contributed by atoms with Gasteiger partial charge in [0.15, 0.2) is 0 Å². The van der Waals surface area contributed by atoms with Crippen LogP contribution in [0.3, 0.4) is 0 Å². The van der Waals surface area contributed by atoms with E-state index in [1.807, 2.05) is 24.3 Å². The van der Waals surface area contributed by atoms with E-state index in [1.54, 1.807) is 31.0 Å². The van der Waals surface area contributed by atoms with Crippen molar-refractivity contribution in [3.05, 3.63) is 58.3 Å². The van der Waals surface area contributed by atoms with E-state index >= 15 is 0 Å². The third-order valence-corrected chi connectivity index (χ3v) is 4.06. The first-order valence-corrected chi connectivity index (χ1v) is 7.18. The first-order valence-electron chi connectivity index (χ1n) is 5.40. The molecular weight excluding hydrogens is 315 g/mol. The van der Waals surface area contributed by atoms with E-state index in [2.05, 4.69) is 15.9 Å². The van der Waals surface area contributed by atoms with E-state index < -0.39 is 0 Å². The lowest BCUT2D eigenvalue weighted by Crippen LogP contribution is -1.89. The zero-order valence-electron chi connectivity index (χ0n) is 9.82. The van der Waals surface area contributed by atoms with Crippen molar-refractivity contribution in [3.63, 3.8) is 0 Å². The standard InChI is InChI=1S/C14H12BrFOS/c1-17-13-4-2-3-5-14(13)18-9-10-8-11(15)6-7-12(10)16/h2-8H,9H2,1H3. The van der Waals surface area contributed by atoms with Crippen molar-refractivity contribution in [1.29, 1.82) is 0 Å². The Morgan fingerprint density at radius 2 is 2.00 bits per heavy atom. The van der Waals surface area contributed by atoms with Crippen LogP contribution in [0, 0.1) is 5.82 Å². The summed E-state index contributed by atoms with van der Waals surface area (Å²) in [7, 11) is 1.64. The van der Waals surface area contributed by atoms with Crippen LogP contribution in [-0.4, -0.2) is 7.11 Å². The highest BCUT2D eigenvalue weighted by molar-refractivity contribution is 9.10. The summed E-state index contributed by atoms with van der Waals surface area (Å²) in [5.41, 5.74) is 0.681. The SMILES string of the molecule is COc1ccccc1SCc1cc(Br)ccc1F. The molecule has 2 aromatic rings. The van der Waals surface area contributed by atoms with Crippen molar-refractivity contribution in [1.82, 2.24) is 0 Å². The van der Waals surface area contributed by atoms with Gasteiger partial charge < -0.3 is 4.74 Å². The van der Waals surface area contributed by atoms with Gasteiger partial charge in [0.25, 0.3) is 0 Å². The molecule has 0 amide bonds. The van der Waals surface area contributed by atoms with Crippen LogP contribution in [0.2, 0.25) is 0 Å². The second-order valence-electron chi connectivity index (χ2n) is 3.68. The molecule has 2 aromatic carbocycles. The van der Waals surface area contributed by atoms with Crippen LogP contribution in [0.5, 0.6) is 5.75 Å². The minimum absolute atomic E-state index is 0.180. The molecular formula is C14H12BrFOS. The largest absolute Gasteiger partial charge is 0.496 e. The maximum Gasteiger partial charge on any atom is 0.132 e. The first kappa shape index (κ1) is 13.4. The first-order chi connectivity index (χ1) is 8.70. The van der Waals surface area contributed by atoms with Crippen LogP contribution in [0.25, 0.3) is 0 Å². The van der Waals surface area contributed by atoms with Gasteiger partial charge in [0.05, 0.1) is 7.11 Å². The van der Waals surface area contributed by atoms with Crippen LogP contribution in [0.15, 0.2) is 51.8 Å². The average molecular weight is 327 g/mol. The Hall–Kier alpha value is -1.00. The lowest BCUT2D eigenvalue weighted by Gasteiger charge is -2.08. The summed E-state index contributed by atoms with van der Waals surface area (Å²) >= 11 is 4.91. The molecule has 0 aromatic heterocycles. The highest BCUT2D eigenvalue weighted by Gasteiger charge is 2.06. The number of hydrogen-bond acceptors (Lipinski definition) is 2. The molecule has 0 aliphatic heterocycles. The molecule has 0 aliphatic carbocycles. The Morgan fingerprint density at radius 1 is 1.22 bits per heavy atom. The summed E-state index contributed by atoms with van der Waals surface area (Å²) in [6.45, 7) is 0. The average Bonchev–Trinajstić information content (AvgIpc) is 2.40. The van der Waals surface area contributed by atoms with Crippen LogP contribution in [0.4, 0.5) is 4.39 Å². The maximum atomic E-state index is 13.6. The molecule has 2 rings (SSSR count). The zero-order valence-corrected chi connectivity index (χ0v) is 12.2. The quantitative estimate of drug-likeness (QED) is 0.740. The minimum atomic E-state index is -0.180. The molecule has 0 saturated heterocycles. The normalized spacial score (nSPS) is 10.4. The fourth-order valence-electron chi connectivity index (χ4n) is 1.55. The molecule has 0 atom stereocenters. The molecule has 4 heteroatoms. The Morgan fingerprint density at radius 3 is 2.78 bits per heavy atom. The number of hydrogen-bond donors (Lipinski definition) is 0. The van der Waals surface area contributed by atoms with E-state index in [9.17, 15) is 4.39 Å². The molecule has 18 heavy (non-hydrogen) atoms. The number of para-hydroxylation sites is 1. The van der Waals surface area contributed by atoms with E-state index in [0.717, 1.165) is 15.1 Å². The number of ether oxygens (including phenoxy) is 1. The van der Waals surface area contributed by atoms with Gasteiger partial charge in [-0.1, -0.05) is 28.1 Å². The molecule has 0 fully saturated rings. The van der Waals surface area contributed by atoms with Gasteiger partial charge in [-0.15, -0.1) is 11.8 Å². The lowest BCUT2D eigenvalue weighted by molar-refractivity contribution is 0.405. The number of methoxy groups -OCH3 is 1. The van der Waals surface area contributed by atoms with Crippen molar-refractivity contribution >= 4 is 27.7 Å². The van der Waals surface area contributed by atoms with Crippen LogP contribution in [-0.2, 0) is 5.75 Å². The second kappa shape index (κ2) is 6.25. The van der Waals surface area contributed by atoms with Crippen molar-refractivity contribution in [3.8, 4) is 5.75 Å². The summed E-state index contributed by atoms with van der Waals surface area (Å²) in [6.07, 6.45) is 0. The van der Waals surface area contributed by atoms with Gasteiger partial charge in [-0.2, -0.15) is 0 Å². The van der Waals surface area contributed by atoms with Crippen molar-refractivity contribution in [2.24, 2.45) is 0 Å². The number of thioether (sulfide) groups is 1. The van der Waals surface area contributed by atoms with Gasteiger partial charge in [0.1, 0.15) is 11.6 Å². The highest BCUT2D eigenvalue weighted by Crippen LogP contribution is 2.32. The highest BCUT2D eigenvalue weighted by atomic mass is 79.9. The number of benzene rings is 2. The molecule has 0 N–H and O–H groups in total. The third-order valence-electron chi connectivity index (χ3n) is 2.46. The van der Waals surface area contributed by atoms with Crippen LogP contribution >= 0.6 is 27.7 Å². The third kappa shape index (κ3) is 3.27. The Bertz CT molecular complexity index is 545. The van der Waals surface area contributed by atoms with Gasteiger partial charge in [-0.25, -0.2) is 4.39 Å². The number of rotatable bonds is 4. The van der Waals surface area contributed by atoms with E-state index in [-0.39, 0.29) is 5.82 Å². The number of halogens is 2. The molecule has 0 saturated carbocycles. The van der Waals surface area contributed by atoms with Gasteiger partial charge in [-0.05, 0) is 35.9 Å². The maximum absolute atomic E-state index is 13.6. The van der Waals surface area contributed by atoms with E-state index in [0.29, 0.717) is 11.3 Å². The van der Waals surface area contributed by atoms with Crippen LogP contribution in [0.1, 0.15) is 5.56 Å². The van der Waals surface area contributed by atoms with Gasteiger partial charge in [0.2, 0.25) is 0 Å². The Labute approximate surface area is 118 Å². The predicted octanol–water partition coefficient (Wildman–Crippen LogP) is 4.89. The molecule has 94 valence electrons. The second-order valence-corrected chi connectivity index (χ2v) is 5.61. The lowest BCUT2D eigenvalue weighted by atomic mass is 10.2. The Kier molecular flexibility index (Phi) is 4.66. The van der Waals surface area contributed by atoms with E-state index in [1.165, 1.54) is 6.07 Å². The summed E-state index contributed by atoms with van der Waals surface area (Å²) < 4.78 is 19.7. The monoisotopic (exact) mass is 326 g/mol. The molecule has 0 radical (unpaired) electrons. The molecule has 0 spiro atoms. The molecule has 0 aliphatic rings. The summed E-state index contributed by atoms with van der Waals surface area (Å²) in [5, 5.41) is 0. The fraction of sp³-hybridized carbons (Fsp3) is 0.143. The summed E-state index contributed by atoms with van der Waals surface area (Å²) in [5.74, 6) is 1.21.